The molecule has 1 aromatic carbocycles. The van der Waals surface area contributed by atoms with Crippen LogP contribution in [0, 0.1) is 5.41 Å². The molecule has 0 aliphatic heterocycles. The van der Waals surface area contributed by atoms with Crippen molar-refractivity contribution in [3.8, 4) is 5.75 Å². The van der Waals surface area contributed by atoms with Crippen LogP contribution in [-0.4, -0.2) is 10.9 Å². The number of rotatable bonds is 2. The first-order chi connectivity index (χ1) is 8.21. The Bertz CT molecular complexity index is 397. The third kappa shape index (κ3) is 2.00. The minimum absolute atomic E-state index is 0.385. The zero-order valence-electron chi connectivity index (χ0n) is 9.66. The summed E-state index contributed by atoms with van der Waals surface area (Å²) >= 11 is 9.69. The second-order valence-electron chi connectivity index (χ2n) is 5.20. The van der Waals surface area contributed by atoms with Gasteiger partial charge in [-0.25, -0.2) is 0 Å². The van der Waals surface area contributed by atoms with Crippen LogP contribution in [0.1, 0.15) is 32.1 Å². The fourth-order valence-corrected chi connectivity index (χ4v) is 4.43. The van der Waals surface area contributed by atoms with Crippen LogP contribution in [0.15, 0.2) is 24.3 Å². The summed E-state index contributed by atoms with van der Waals surface area (Å²) in [6.07, 6.45) is 6.83. The van der Waals surface area contributed by atoms with Crippen molar-refractivity contribution in [2.45, 2.75) is 43.0 Å². The monoisotopic (exact) mass is 314 g/mol. The molecule has 0 N–H and O–H groups in total. The second-order valence-corrected chi connectivity index (χ2v) is 6.75. The highest BCUT2D eigenvalue weighted by Gasteiger charge is 2.56. The molecule has 2 unspecified atom stereocenters. The molecule has 2 aliphatic carbocycles. The Morgan fingerprint density at radius 2 is 1.82 bits per heavy atom. The molecule has 0 bridgehead atoms. The molecule has 0 amide bonds. The molecule has 1 aromatic rings. The van der Waals surface area contributed by atoms with E-state index < -0.39 is 0 Å². The number of benzene rings is 1. The van der Waals surface area contributed by atoms with Gasteiger partial charge in [-0.3, -0.25) is 0 Å². The van der Waals surface area contributed by atoms with Crippen molar-refractivity contribution >= 4 is 27.5 Å². The molecule has 17 heavy (non-hydrogen) atoms. The van der Waals surface area contributed by atoms with Crippen molar-refractivity contribution < 1.29 is 4.74 Å². The molecule has 0 aromatic heterocycles. The number of hydrogen-bond acceptors (Lipinski definition) is 1. The number of alkyl halides is 1. The summed E-state index contributed by atoms with van der Waals surface area (Å²) < 4.78 is 6.12. The van der Waals surface area contributed by atoms with Crippen molar-refractivity contribution in [3.05, 3.63) is 29.3 Å². The number of hydrogen-bond donors (Lipinski definition) is 0. The van der Waals surface area contributed by atoms with Crippen LogP contribution < -0.4 is 4.74 Å². The second kappa shape index (κ2) is 4.47. The van der Waals surface area contributed by atoms with E-state index in [1.165, 1.54) is 25.7 Å². The highest BCUT2D eigenvalue weighted by Crippen LogP contribution is 2.57. The van der Waals surface area contributed by atoms with Crippen LogP contribution in [-0.2, 0) is 0 Å². The van der Waals surface area contributed by atoms with E-state index in [9.17, 15) is 0 Å². The van der Waals surface area contributed by atoms with Crippen LogP contribution in [0.5, 0.6) is 5.75 Å². The molecule has 2 saturated carbocycles. The van der Waals surface area contributed by atoms with E-state index in [0.717, 1.165) is 17.2 Å². The summed E-state index contributed by atoms with van der Waals surface area (Å²) in [5.41, 5.74) is 0.402. The number of halogens is 2. The molecule has 2 fully saturated rings. The van der Waals surface area contributed by atoms with Crippen molar-refractivity contribution in [3.63, 3.8) is 0 Å². The smallest absolute Gasteiger partial charge is 0.119 e. The van der Waals surface area contributed by atoms with Gasteiger partial charge in [0.15, 0.2) is 0 Å². The standard InChI is InChI=1S/C14H16BrClO/c15-12-9-13(14(12)7-1-2-8-14)17-11-5-3-10(16)4-6-11/h3-6,12-13H,1-2,7-9H2. The first-order valence-corrected chi connectivity index (χ1v) is 7.56. The quantitative estimate of drug-likeness (QED) is 0.711. The Hall–Kier alpha value is -0.210. The summed E-state index contributed by atoms with van der Waals surface area (Å²) in [6, 6.07) is 7.71. The lowest BCUT2D eigenvalue weighted by Crippen LogP contribution is -2.55. The summed E-state index contributed by atoms with van der Waals surface area (Å²) in [5, 5.41) is 0.764. The normalized spacial score (nSPS) is 30.2. The zero-order chi connectivity index (χ0) is 11.9. The molecule has 0 radical (unpaired) electrons. The topological polar surface area (TPSA) is 9.23 Å². The summed E-state index contributed by atoms with van der Waals surface area (Å²) in [4.78, 5) is 0.648. The van der Waals surface area contributed by atoms with Gasteiger partial charge < -0.3 is 4.74 Å². The zero-order valence-corrected chi connectivity index (χ0v) is 12.0. The van der Waals surface area contributed by atoms with Gasteiger partial charge in [0.1, 0.15) is 11.9 Å². The average Bonchev–Trinajstić information content (AvgIpc) is 2.83. The van der Waals surface area contributed by atoms with E-state index in [-0.39, 0.29) is 0 Å². The molecule has 1 spiro atoms. The molecule has 3 rings (SSSR count). The van der Waals surface area contributed by atoms with Gasteiger partial charge in [-0.1, -0.05) is 40.4 Å². The summed E-state index contributed by atoms with van der Waals surface area (Å²) in [5.74, 6) is 0.949. The maximum atomic E-state index is 6.12. The van der Waals surface area contributed by atoms with Crippen LogP contribution >= 0.6 is 27.5 Å². The molecule has 2 aliphatic rings. The van der Waals surface area contributed by atoms with Gasteiger partial charge in [-0.05, 0) is 43.5 Å². The van der Waals surface area contributed by atoms with Gasteiger partial charge in [-0.15, -0.1) is 0 Å². The maximum Gasteiger partial charge on any atom is 0.119 e. The molecule has 0 heterocycles. The van der Waals surface area contributed by atoms with E-state index in [0.29, 0.717) is 16.3 Å². The summed E-state index contributed by atoms with van der Waals surface area (Å²) in [6.45, 7) is 0. The fourth-order valence-electron chi connectivity index (χ4n) is 3.21. The molecular formula is C14H16BrClO. The Kier molecular flexibility index (Phi) is 3.12. The molecule has 1 nitrogen and oxygen atoms in total. The third-order valence-corrected chi connectivity index (χ3v) is 5.85. The first-order valence-electron chi connectivity index (χ1n) is 6.27. The predicted octanol–water partition coefficient (Wildman–Crippen LogP) is 4.82. The lowest BCUT2D eigenvalue weighted by molar-refractivity contribution is -0.0303. The van der Waals surface area contributed by atoms with E-state index in [1.54, 1.807) is 0 Å². The van der Waals surface area contributed by atoms with Crippen molar-refractivity contribution in [2.24, 2.45) is 5.41 Å². The van der Waals surface area contributed by atoms with Crippen molar-refractivity contribution in [1.82, 2.24) is 0 Å². The van der Waals surface area contributed by atoms with Crippen molar-refractivity contribution in [1.29, 1.82) is 0 Å². The highest BCUT2D eigenvalue weighted by molar-refractivity contribution is 9.09. The van der Waals surface area contributed by atoms with Crippen LogP contribution in [0.2, 0.25) is 5.02 Å². The first kappa shape index (κ1) is 11.9. The number of ether oxygens (including phenoxy) is 1. The maximum absolute atomic E-state index is 6.12. The van der Waals surface area contributed by atoms with Crippen LogP contribution in [0.25, 0.3) is 0 Å². The van der Waals surface area contributed by atoms with Gasteiger partial charge in [0.2, 0.25) is 0 Å². The minimum atomic E-state index is 0.385. The Morgan fingerprint density at radius 1 is 1.18 bits per heavy atom. The Morgan fingerprint density at radius 3 is 2.41 bits per heavy atom. The SMILES string of the molecule is Clc1ccc(OC2CC(Br)C23CCCC3)cc1. The van der Waals surface area contributed by atoms with E-state index in [1.807, 2.05) is 24.3 Å². The molecule has 92 valence electrons. The van der Waals surface area contributed by atoms with Crippen molar-refractivity contribution in [2.75, 3.05) is 0 Å². The molecule has 2 atom stereocenters. The lowest BCUT2D eigenvalue weighted by Gasteiger charge is -2.51. The lowest BCUT2D eigenvalue weighted by atomic mass is 9.64. The third-order valence-electron chi connectivity index (χ3n) is 4.31. The van der Waals surface area contributed by atoms with E-state index in [2.05, 4.69) is 15.9 Å². The predicted molar refractivity (Wildman–Crippen MR) is 74.1 cm³/mol. The Labute approximate surface area is 116 Å². The highest BCUT2D eigenvalue weighted by atomic mass is 79.9. The van der Waals surface area contributed by atoms with E-state index >= 15 is 0 Å². The molecule has 3 heteroatoms. The van der Waals surface area contributed by atoms with Crippen LogP contribution in [0.4, 0.5) is 0 Å². The molecular weight excluding hydrogens is 300 g/mol. The fraction of sp³-hybridized carbons (Fsp3) is 0.571. The van der Waals surface area contributed by atoms with Gasteiger partial charge in [0.05, 0.1) is 0 Å². The largest absolute Gasteiger partial charge is 0.490 e. The van der Waals surface area contributed by atoms with Gasteiger partial charge in [0, 0.05) is 15.3 Å². The minimum Gasteiger partial charge on any atom is -0.490 e. The summed E-state index contributed by atoms with van der Waals surface area (Å²) in [7, 11) is 0. The average molecular weight is 316 g/mol. The van der Waals surface area contributed by atoms with Crippen LogP contribution in [0.3, 0.4) is 0 Å². The van der Waals surface area contributed by atoms with E-state index in [4.69, 9.17) is 16.3 Å². The van der Waals surface area contributed by atoms with Gasteiger partial charge in [-0.2, -0.15) is 0 Å². The molecule has 0 saturated heterocycles. The van der Waals surface area contributed by atoms with Gasteiger partial charge >= 0.3 is 0 Å². The van der Waals surface area contributed by atoms with Gasteiger partial charge in [0.25, 0.3) is 0 Å². The Balaban J connectivity index is 1.72.